The fourth-order valence-corrected chi connectivity index (χ4v) is 2.03. The molecule has 2 heterocycles. The zero-order valence-electron chi connectivity index (χ0n) is 11.9. The topological polar surface area (TPSA) is 82.4 Å². The minimum atomic E-state index is -0.359. The van der Waals surface area contributed by atoms with Crippen molar-refractivity contribution in [1.82, 2.24) is 20.7 Å². The van der Waals surface area contributed by atoms with Crippen LogP contribution in [0.3, 0.4) is 0 Å². The van der Waals surface area contributed by atoms with Crippen LogP contribution in [-0.2, 0) is 0 Å². The van der Waals surface area contributed by atoms with E-state index in [9.17, 15) is 4.79 Å². The highest BCUT2D eigenvalue weighted by molar-refractivity contribution is 5.93. The third-order valence-electron chi connectivity index (χ3n) is 2.98. The summed E-state index contributed by atoms with van der Waals surface area (Å²) in [5, 5.41) is 7.38. The molecule has 0 bridgehead atoms. The van der Waals surface area contributed by atoms with Gasteiger partial charge in [0.1, 0.15) is 0 Å². The summed E-state index contributed by atoms with van der Waals surface area (Å²) in [5.41, 5.74) is 5.02. The van der Waals surface area contributed by atoms with Crippen LogP contribution in [0.15, 0.2) is 65.6 Å². The van der Waals surface area contributed by atoms with Gasteiger partial charge in [0.05, 0.1) is 11.9 Å². The van der Waals surface area contributed by atoms with Crippen molar-refractivity contribution in [3.63, 3.8) is 0 Å². The largest absolute Gasteiger partial charge is 0.443 e. The molecule has 0 radical (unpaired) electrons. The number of carbonyl (C=O) groups is 1. The van der Waals surface area contributed by atoms with E-state index in [4.69, 9.17) is 4.42 Å². The number of benzene rings is 1. The lowest BCUT2D eigenvalue weighted by atomic mass is 10.1. The Balaban J connectivity index is 1.72. The zero-order valence-corrected chi connectivity index (χ0v) is 11.9. The highest BCUT2D eigenvalue weighted by Crippen LogP contribution is 2.27. The summed E-state index contributed by atoms with van der Waals surface area (Å²) in [4.78, 5) is 16.0. The number of hydrazine groups is 1. The molecule has 1 aliphatic rings. The second-order valence-electron chi connectivity index (χ2n) is 4.66. The summed E-state index contributed by atoms with van der Waals surface area (Å²) in [6.45, 7) is 1.90. The van der Waals surface area contributed by atoms with E-state index >= 15 is 0 Å². The standard InChI is InChI=1S/C15H15N5O2/c1-11-9-20(7-6-17-11)19-15(21)18-13-5-3-2-4-12(13)14-8-16-10-22-14/h2-10,17H,1H3,(H2,18,19,21). The van der Waals surface area contributed by atoms with Crippen LogP contribution < -0.4 is 16.1 Å². The number of nitrogens with zero attached hydrogens (tertiary/aromatic N) is 2. The minimum absolute atomic E-state index is 0.359. The number of urea groups is 1. The van der Waals surface area contributed by atoms with Gasteiger partial charge in [-0.3, -0.25) is 5.01 Å². The number of aromatic nitrogens is 1. The number of anilines is 1. The van der Waals surface area contributed by atoms with Gasteiger partial charge >= 0.3 is 6.03 Å². The summed E-state index contributed by atoms with van der Waals surface area (Å²) in [6.07, 6.45) is 8.16. The van der Waals surface area contributed by atoms with Crippen LogP contribution in [0.4, 0.5) is 10.5 Å². The lowest BCUT2D eigenvalue weighted by molar-refractivity contribution is 0.235. The molecule has 0 saturated carbocycles. The van der Waals surface area contributed by atoms with E-state index in [1.54, 1.807) is 35.9 Å². The maximum absolute atomic E-state index is 12.1. The van der Waals surface area contributed by atoms with Gasteiger partial charge in [-0.25, -0.2) is 15.2 Å². The first-order valence-corrected chi connectivity index (χ1v) is 6.68. The van der Waals surface area contributed by atoms with Gasteiger partial charge in [-0.2, -0.15) is 0 Å². The van der Waals surface area contributed by atoms with Gasteiger partial charge in [0.2, 0.25) is 0 Å². The first kappa shape index (κ1) is 13.7. The number of amides is 2. The number of nitrogens with one attached hydrogen (secondary N) is 3. The maximum atomic E-state index is 12.1. The van der Waals surface area contributed by atoms with Gasteiger partial charge in [-0.05, 0) is 19.1 Å². The van der Waals surface area contributed by atoms with Crippen LogP contribution in [-0.4, -0.2) is 16.0 Å². The lowest BCUT2D eigenvalue weighted by Crippen LogP contribution is -2.40. The van der Waals surface area contributed by atoms with Gasteiger partial charge in [0.25, 0.3) is 0 Å². The Labute approximate surface area is 127 Å². The molecule has 112 valence electrons. The van der Waals surface area contributed by atoms with Crippen LogP contribution in [0.2, 0.25) is 0 Å². The van der Waals surface area contributed by atoms with Crippen LogP contribution in [0.25, 0.3) is 11.3 Å². The van der Waals surface area contributed by atoms with Gasteiger partial charge in [0.15, 0.2) is 12.2 Å². The molecule has 2 amide bonds. The molecule has 1 aliphatic heterocycles. The van der Waals surface area contributed by atoms with E-state index in [0.29, 0.717) is 11.4 Å². The quantitative estimate of drug-likeness (QED) is 0.811. The Morgan fingerprint density at radius 2 is 2.23 bits per heavy atom. The molecular weight excluding hydrogens is 282 g/mol. The van der Waals surface area contributed by atoms with Gasteiger partial charge in [-0.1, -0.05) is 12.1 Å². The first-order valence-electron chi connectivity index (χ1n) is 6.68. The highest BCUT2D eigenvalue weighted by Gasteiger charge is 2.11. The molecule has 0 unspecified atom stereocenters. The maximum Gasteiger partial charge on any atom is 0.338 e. The summed E-state index contributed by atoms with van der Waals surface area (Å²) in [5.74, 6) is 0.591. The Morgan fingerprint density at radius 3 is 3.00 bits per heavy atom. The van der Waals surface area contributed by atoms with Crippen LogP contribution in [0.1, 0.15) is 6.92 Å². The molecule has 1 aromatic carbocycles. The van der Waals surface area contributed by atoms with Crippen molar-refractivity contribution in [1.29, 1.82) is 0 Å². The van der Waals surface area contributed by atoms with E-state index in [0.717, 1.165) is 11.3 Å². The monoisotopic (exact) mass is 297 g/mol. The SMILES string of the molecule is CC1=CN(NC(=O)Nc2ccccc2-c2cnco2)C=CN1. The Hall–Kier alpha value is -3.22. The fourth-order valence-electron chi connectivity index (χ4n) is 2.03. The minimum Gasteiger partial charge on any atom is -0.443 e. The zero-order chi connectivity index (χ0) is 15.4. The Bertz CT molecular complexity index is 721. The molecule has 22 heavy (non-hydrogen) atoms. The number of oxazole rings is 1. The molecule has 0 fully saturated rings. The predicted molar refractivity (Wildman–Crippen MR) is 82.0 cm³/mol. The van der Waals surface area contributed by atoms with Crippen LogP contribution in [0, 0.1) is 0 Å². The van der Waals surface area contributed by atoms with Crippen LogP contribution in [0.5, 0.6) is 0 Å². The van der Waals surface area contributed by atoms with Gasteiger partial charge in [0, 0.05) is 29.9 Å². The van der Waals surface area contributed by atoms with E-state index in [-0.39, 0.29) is 6.03 Å². The summed E-state index contributed by atoms with van der Waals surface area (Å²) < 4.78 is 5.28. The summed E-state index contributed by atoms with van der Waals surface area (Å²) in [7, 11) is 0. The number of para-hydroxylation sites is 1. The molecule has 0 saturated heterocycles. The Kier molecular flexibility index (Phi) is 3.78. The van der Waals surface area contributed by atoms with E-state index < -0.39 is 0 Å². The van der Waals surface area contributed by atoms with E-state index in [2.05, 4.69) is 21.0 Å². The second-order valence-corrected chi connectivity index (χ2v) is 4.66. The second kappa shape index (κ2) is 6.04. The van der Waals surface area contributed by atoms with Crippen molar-refractivity contribution in [3.05, 3.63) is 61.2 Å². The Morgan fingerprint density at radius 1 is 1.36 bits per heavy atom. The van der Waals surface area contributed by atoms with Crippen molar-refractivity contribution < 1.29 is 9.21 Å². The number of rotatable bonds is 3. The third kappa shape index (κ3) is 3.09. The fraction of sp³-hybridized carbons (Fsp3) is 0.0667. The number of hydrogen-bond donors (Lipinski definition) is 3. The number of carbonyl (C=O) groups excluding carboxylic acids is 1. The van der Waals surface area contributed by atoms with Crippen molar-refractivity contribution >= 4 is 11.7 Å². The van der Waals surface area contributed by atoms with Crippen molar-refractivity contribution in [2.24, 2.45) is 0 Å². The van der Waals surface area contributed by atoms with E-state index in [1.165, 1.54) is 6.39 Å². The molecular formula is C15H15N5O2. The van der Waals surface area contributed by atoms with Crippen molar-refractivity contribution in [2.45, 2.75) is 6.92 Å². The van der Waals surface area contributed by atoms with Gasteiger partial charge < -0.3 is 15.1 Å². The molecule has 7 heteroatoms. The first-order chi connectivity index (χ1) is 10.7. The van der Waals surface area contributed by atoms with Gasteiger partial charge in [-0.15, -0.1) is 0 Å². The van der Waals surface area contributed by atoms with E-state index in [1.807, 2.05) is 25.1 Å². The molecule has 2 aromatic rings. The molecule has 1 aromatic heterocycles. The number of hydrogen-bond acceptors (Lipinski definition) is 5. The summed E-state index contributed by atoms with van der Waals surface area (Å²) in [6, 6.07) is 7.00. The average molecular weight is 297 g/mol. The lowest BCUT2D eigenvalue weighted by Gasteiger charge is -2.22. The molecule has 0 spiro atoms. The molecule has 0 aliphatic carbocycles. The van der Waals surface area contributed by atoms with Crippen molar-refractivity contribution in [2.75, 3.05) is 5.32 Å². The highest BCUT2D eigenvalue weighted by atomic mass is 16.3. The normalized spacial score (nSPS) is 13.3. The molecule has 0 atom stereocenters. The molecule has 7 nitrogen and oxygen atoms in total. The smallest absolute Gasteiger partial charge is 0.338 e. The van der Waals surface area contributed by atoms with Crippen LogP contribution >= 0.6 is 0 Å². The van der Waals surface area contributed by atoms with Crippen molar-refractivity contribution in [3.8, 4) is 11.3 Å². The number of allylic oxidation sites excluding steroid dienone is 1. The average Bonchev–Trinajstić information content (AvgIpc) is 3.02. The third-order valence-corrected chi connectivity index (χ3v) is 2.98. The molecule has 3 N–H and O–H groups in total. The summed E-state index contributed by atoms with van der Waals surface area (Å²) >= 11 is 0. The molecule has 3 rings (SSSR count). The predicted octanol–water partition coefficient (Wildman–Crippen LogP) is 2.62.